The molecule has 2 atom stereocenters. The standard InChI is InChI=1S/C13H20N2O2S2/c1-8-11(12(16)17-2)19-13(14-8)15-9-6-4-5-7-10(9)18-3/h9-10H,4-7H2,1-3H3,(H,14,15). The molecule has 1 saturated carbocycles. The van der Waals surface area contributed by atoms with Crippen molar-refractivity contribution in [3.63, 3.8) is 0 Å². The van der Waals surface area contributed by atoms with E-state index in [1.54, 1.807) is 0 Å². The van der Waals surface area contributed by atoms with E-state index in [4.69, 9.17) is 4.74 Å². The lowest BCUT2D eigenvalue weighted by molar-refractivity contribution is 0.0605. The summed E-state index contributed by atoms with van der Waals surface area (Å²) in [6.07, 6.45) is 7.18. The summed E-state index contributed by atoms with van der Waals surface area (Å²) in [4.78, 5) is 16.6. The van der Waals surface area contributed by atoms with Gasteiger partial charge >= 0.3 is 5.97 Å². The average molecular weight is 300 g/mol. The predicted octanol–water partition coefficient (Wildman–Crippen LogP) is 3.32. The van der Waals surface area contributed by atoms with Gasteiger partial charge in [-0.1, -0.05) is 24.2 Å². The highest BCUT2D eigenvalue weighted by atomic mass is 32.2. The van der Waals surface area contributed by atoms with Crippen molar-refractivity contribution in [3.8, 4) is 0 Å². The number of rotatable bonds is 4. The van der Waals surface area contributed by atoms with Crippen LogP contribution in [0.4, 0.5) is 5.13 Å². The lowest BCUT2D eigenvalue weighted by Crippen LogP contribution is -2.34. The van der Waals surface area contributed by atoms with Crippen LogP contribution in [0, 0.1) is 6.92 Å². The smallest absolute Gasteiger partial charge is 0.350 e. The number of thioether (sulfide) groups is 1. The molecule has 0 spiro atoms. The minimum absolute atomic E-state index is 0.298. The van der Waals surface area contributed by atoms with Gasteiger partial charge in [0.25, 0.3) is 0 Å². The molecule has 2 unspecified atom stereocenters. The van der Waals surface area contributed by atoms with Gasteiger partial charge in [0.15, 0.2) is 5.13 Å². The van der Waals surface area contributed by atoms with E-state index >= 15 is 0 Å². The first-order valence-corrected chi connectivity index (χ1v) is 8.61. The fraction of sp³-hybridized carbons (Fsp3) is 0.692. The van der Waals surface area contributed by atoms with Gasteiger partial charge < -0.3 is 10.1 Å². The van der Waals surface area contributed by atoms with Crippen LogP contribution in [-0.2, 0) is 4.74 Å². The van der Waals surface area contributed by atoms with Crippen molar-refractivity contribution in [3.05, 3.63) is 10.6 Å². The van der Waals surface area contributed by atoms with Crippen molar-refractivity contribution < 1.29 is 9.53 Å². The highest BCUT2D eigenvalue weighted by Crippen LogP contribution is 2.31. The molecule has 0 aromatic carbocycles. The molecule has 0 amide bonds. The molecular weight excluding hydrogens is 280 g/mol. The monoisotopic (exact) mass is 300 g/mol. The van der Waals surface area contributed by atoms with Gasteiger partial charge in [-0.05, 0) is 26.0 Å². The molecule has 2 rings (SSSR count). The zero-order valence-corrected chi connectivity index (χ0v) is 13.2. The van der Waals surface area contributed by atoms with Crippen molar-refractivity contribution >= 4 is 34.2 Å². The van der Waals surface area contributed by atoms with Crippen LogP contribution in [-0.4, -0.2) is 35.6 Å². The van der Waals surface area contributed by atoms with E-state index in [0.717, 1.165) is 10.8 Å². The minimum atomic E-state index is -0.298. The fourth-order valence-corrected chi connectivity index (χ4v) is 4.32. The van der Waals surface area contributed by atoms with Gasteiger partial charge in [-0.2, -0.15) is 11.8 Å². The first-order chi connectivity index (χ1) is 9.15. The van der Waals surface area contributed by atoms with E-state index in [2.05, 4.69) is 16.6 Å². The number of nitrogens with one attached hydrogen (secondary N) is 1. The zero-order valence-electron chi connectivity index (χ0n) is 11.6. The number of esters is 1. The van der Waals surface area contributed by atoms with Gasteiger partial charge in [-0.3, -0.25) is 0 Å². The molecular formula is C13H20N2O2S2. The van der Waals surface area contributed by atoms with Gasteiger partial charge in [-0.25, -0.2) is 9.78 Å². The molecule has 0 radical (unpaired) electrons. The molecule has 1 aliphatic rings. The summed E-state index contributed by atoms with van der Waals surface area (Å²) in [5, 5.41) is 4.98. The summed E-state index contributed by atoms with van der Waals surface area (Å²) < 4.78 is 4.76. The largest absolute Gasteiger partial charge is 0.465 e. The van der Waals surface area contributed by atoms with Crippen LogP contribution in [0.1, 0.15) is 41.0 Å². The summed E-state index contributed by atoms with van der Waals surface area (Å²) in [6.45, 7) is 1.85. The Morgan fingerprint density at radius 3 is 2.89 bits per heavy atom. The number of carbonyl (C=O) groups is 1. The Balaban J connectivity index is 2.08. The number of aromatic nitrogens is 1. The second-order valence-electron chi connectivity index (χ2n) is 4.73. The summed E-state index contributed by atoms with van der Waals surface area (Å²) in [5.74, 6) is -0.298. The van der Waals surface area contributed by atoms with Crippen molar-refractivity contribution in [1.29, 1.82) is 0 Å². The number of aryl methyl sites for hydroxylation is 1. The Morgan fingerprint density at radius 2 is 2.21 bits per heavy atom. The van der Waals surface area contributed by atoms with Crippen molar-refractivity contribution in [1.82, 2.24) is 4.98 Å². The normalized spacial score (nSPS) is 23.1. The Hall–Kier alpha value is -0.750. The molecule has 0 bridgehead atoms. The Morgan fingerprint density at radius 1 is 1.47 bits per heavy atom. The quantitative estimate of drug-likeness (QED) is 0.864. The molecule has 19 heavy (non-hydrogen) atoms. The summed E-state index contributed by atoms with van der Waals surface area (Å²) in [7, 11) is 1.40. The van der Waals surface area contributed by atoms with Crippen molar-refractivity contribution in [2.24, 2.45) is 0 Å². The minimum Gasteiger partial charge on any atom is -0.465 e. The molecule has 106 valence electrons. The van der Waals surface area contributed by atoms with Crippen molar-refractivity contribution in [2.45, 2.75) is 43.9 Å². The topological polar surface area (TPSA) is 51.2 Å². The number of carbonyl (C=O) groups excluding carboxylic acids is 1. The van der Waals surface area contributed by atoms with E-state index in [-0.39, 0.29) is 5.97 Å². The third-order valence-electron chi connectivity index (χ3n) is 3.48. The van der Waals surface area contributed by atoms with Gasteiger partial charge in [0.05, 0.1) is 12.8 Å². The van der Waals surface area contributed by atoms with Crippen LogP contribution in [0.25, 0.3) is 0 Å². The van der Waals surface area contributed by atoms with Gasteiger partial charge in [-0.15, -0.1) is 0 Å². The number of ether oxygens (including phenoxy) is 1. The second kappa shape index (κ2) is 6.61. The first-order valence-electron chi connectivity index (χ1n) is 6.50. The number of hydrogen-bond acceptors (Lipinski definition) is 6. The maximum absolute atomic E-state index is 11.6. The molecule has 0 saturated heterocycles. The molecule has 6 heteroatoms. The maximum atomic E-state index is 11.6. The average Bonchev–Trinajstić information content (AvgIpc) is 2.79. The number of anilines is 1. The highest BCUT2D eigenvalue weighted by Gasteiger charge is 2.25. The zero-order chi connectivity index (χ0) is 13.8. The van der Waals surface area contributed by atoms with Crippen LogP contribution in [0.3, 0.4) is 0 Å². The lowest BCUT2D eigenvalue weighted by Gasteiger charge is -2.30. The Bertz CT molecular complexity index is 448. The molecule has 1 N–H and O–H groups in total. The molecule has 1 aromatic rings. The van der Waals surface area contributed by atoms with Crippen molar-refractivity contribution in [2.75, 3.05) is 18.7 Å². The maximum Gasteiger partial charge on any atom is 0.350 e. The van der Waals surface area contributed by atoms with Gasteiger partial charge in [0.1, 0.15) is 4.88 Å². The van der Waals surface area contributed by atoms with E-state index < -0.39 is 0 Å². The molecule has 1 aromatic heterocycles. The molecule has 1 heterocycles. The van der Waals surface area contributed by atoms with E-state index in [1.165, 1.54) is 44.1 Å². The van der Waals surface area contributed by atoms with E-state index in [0.29, 0.717) is 16.2 Å². The fourth-order valence-electron chi connectivity index (χ4n) is 2.44. The van der Waals surface area contributed by atoms with Crippen LogP contribution in [0.15, 0.2) is 0 Å². The summed E-state index contributed by atoms with van der Waals surface area (Å²) in [6, 6.07) is 0.458. The Kier molecular flexibility index (Phi) is 5.10. The first kappa shape index (κ1) is 14.7. The predicted molar refractivity (Wildman–Crippen MR) is 81.4 cm³/mol. The van der Waals surface area contributed by atoms with Crippen LogP contribution >= 0.6 is 23.1 Å². The molecule has 4 nitrogen and oxygen atoms in total. The summed E-state index contributed by atoms with van der Waals surface area (Å²) >= 11 is 3.31. The van der Waals surface area contributed by atoms with Crippen LogP contribution in [0.5, 0.6) is 0 Å². The second-order valence-corrected chi connectivity index (χ2v) is 6.81. The number of nitrogens with zero attached hydrogens (tertiary/aromatic N) is 1. The third kappa shape index (κ3) is 3.42. The molecule has 1 aliphatic carbocycles. The number of hydrogen-bond donors (Lipinski definition) is 1. The van der Waals surface area contributed by atoms with Gasteiger partial charge in [0, 0.05) is 11.3 Å². The van der Waals surface area contributed by atoms with Gasteiger partial charge in [0.2, 0.25) is 0 Å². The van der Waals surface area contributed by atoms with Crippen LogP contribution < -0.4 is 5.32 Å². The van der Waals surface area contributed by atoms with Crippen LogP contribution in [0.2, 0.25) is 0 Å². The SMILES string of the molecule is COC(=O)c1sc(NC2CCCCC2SC)nc1C. The summed E-state index contributed by atoms with van der Waals surface area (Å²) in [5.41, 5.74) is 0.746. The highest BCUT2D eigenvalue weighted by molar-refractivity contribution is 7.99. The molecule has 1 fully saturated rings. The lowest BCUT2D eigenvalue weighted by atomic mass is 9.95. The molecule has 0 aliphatic heterocycles. The Labute approximate surface area is 122 Å². The third-order valence-corrected chi connectivity index (χ3v) is 5.72. The van der Waals surface area contributed by atoms with E-state index in [9.17, 15) is 4.79 Å². The van der Waals surface area contributed by atoms with E-state index in [1.807, 2.05) is 18.7 Å². The number of methoxy groups -OCH3 is 1. The number of thiazole rings is 1.